The number of amides is 2. The van der Waals surface area contributed by atoms with Gasteiger partial charge in [0.1, 0.15) is 0 Å². The summed E-state index contributed by atoms with van der Waals surface area (Å²) in [5, 5.41) is 2.79. The van der Waals surface area contributed by atoms with Gasteiger partial charge >= 0.3 is 0 Å². The molecular weight excluding hydrogens is 284 g/mol. The van der Waals surface area contributed by atoms with Crippen LogP contribution in [0.15, 0.2) is 18.2 Å². The van der Waals surface area contributed by atoms with Crippen molar-refractivity contribution in [3.05, 3.63) is 29.3 Å². The zero-order chi connectivity index (χ0) is 13.0. The highest BCUT2D eigenvalue weighted by atomic mass is 79.9. The lowest BCUT2D eigenvalue weighted by atomic mass is 10.1. The summed E-state index contributed by atoms with van der Waals surface area (Å²) >= 11 is 3.28. The summed E-state index contributed by atoms with van der Waals surface area (Å²) in [5.41, 5.74) is 7.11. The molecule has 1 aromatic rings. The minimum Gasteiger partial charge on any atom is -0.366 e. The second kappa shape index (κ2) is 5.82. The average Bonchev–Trinajstić information content (AvgIpc) is 2.30. The molecule has 17 heavy (non-hydrogen) atoms. The summed E-state index contributed by atoms with van der Waals surface area (Å²) in [7, 11) is 0. The van der Waals surface area contributed by atoms with Gasteiger partial charge in [-0.25, -0.2) is 0 Å². The molecule has 92 valence electrons. The Morgan fingerprint density at radius 3 is 2.59 bits per heavy atom. The molecule has 0 heterocycles. The Kier molecular flexibility index (Phi) is 4.69. The third-order valence-corrected chi connectivity index (χ3v) is 3.48. The molecule has 0 aromatic heterocycles. The van der Waals surface area contributed by atoms with Gasteiger partial charge in [-0.1, -0.05) is 22.9 Å². The van der Waals surface area contributed by atoms with Crippen LogP contribution in [0.2, 0.25) is 0 Å². The van der Waals surface area contributed by atoms with Crippen LogP contribution in [0.3, 0.4) is 0 Å². The van der Waals surface area contributed by atoms with E-state index in [4.69, 9.17) is 5.73 Å². The second-order valence-electron chi connectivity index (χ2n) is 3.76. The van der Waals surface area contributed by atoms with E-state index in [1.54, 1.807) is 18.2 Å². The maximum atomic E-state index is 11.7. The van der Waals surface area contributed by atoms with Crippen molar-refractivity contribution >= 4 is 33.4 Å². The molecule has 2 amide bonds. The number of rotatable bonds is 4. The highest BCUT2D eigenvalue weighted by Crippen LogP contribution is 2.18. The lowest BCUT2D eigenvalue weighted by molar-refractivity contribution is -0.115. The van der Waals surface area contributed by atoms with Gasteiger partial charge in [0.05, 0.1) is 4.83 Å². The van der Waals surface area contributed by atoms with E-state index in [-0.39, 0.29) is 10.7 Å². The first-order valence-corrected chi connectivity index (χ1v) is 6.22. The molecule has 1 unspecified atom stereocenters. The van der Waals surface area contributed by atoms with Gasteiger partial charge in [-0.05, 0) is 37.1 Å². The number of carbonyl (C=O) groups is 2. The largest absolute Gasteiger partial charge is 0.366 e. The van der Waals surface area contributed by atoms with Gasteiger partial charge in [-0.2, -0.15) is 0 Å². The van der Waals surface area contributed by atoms with Gasteiger partial charge in [0.2, 0.25) is 11.8 Å². The van der Waals surface area contributed by atoms with Gasteiger partial charge in [0.15, 0.2) is 0 Å². The van der Waals surface area contributed by atoms with E-state index < -0.39 is 5.91 Å². The van der Waals surface area contributed by atoms with Crippen LogP contribution in [-0.2, 0) is 4.79 Å². The molecule has 0 fully saturated rings. The zero-order valence-electron chi connectivity index (χ0n) is 9.79. The number of primary amides is 1. The third kappa shape index (κ3) is 3.56. The lowest BCUT2D eigenvalue weighted by Gasteiger charge is -2.11. The molecule has 0 aliphatic carbocycles. The molecule has 1 atom stereocenters. The highest BCUT2D eigenvalue weighted by molar-refractivity contribution is 9.10. The number of hydrogen-bond donors (Lipinski definition) is 2. The van der Waals surface area contributed by atoms with Gasteiger partial charge in [-0.3, -0.25) is 9.59 Å². The van der Waals surface area contributed by atoms with Crippen molar-refractivity contribution in [2.75, 3.05) is 5.32 Å². The number of nitrogens with two attached hydrogens (primary N) is 1. The first-order chi connectivity index (χ1) is 7.95. The van der Waals surface area contributed by atoms with Crippen molar-refractivity contribution in [2.45, 2.75) is 25.1 Å². The Morgan fingerprint density at radius 1 is 1.47 bits per heavy atom. The zero-order valence-corrected chi connectivity index (χ0v) is 11.4. The van der Waals surface area contributed by atoms with Gasteiger partial charge in [-0.15, -0.1) is 0 Å². The van der Waals surface area contributed by atoms with Gasteiger partial charge in [0.25, 0.3) is 0 Å². The number of benzene rings is 1. The Morgan fingerprint density at radius 2 is 2.12 bits per heavy atom. The SMILES string of the molecule is CCC(Br)C(=O)Nc1ccc(C(N)=O)cc1C. The Balaban J connectivity index is 2.86. The standard InChI is InChI=1S/C12H15BrN2O2/c1-3-9(13)12(17)15-10-5-4-8(11(14)16)6-7(10)2/h4-6,9H,3H2,1-2H3,(H2,14,16)(H,15,17). The van der Waals surface area contributed by atoms with E-state index in [0.717, 1.165) is 5.56 Å². The van der Waals surface area contributed by atoms with E-state index in [9.17, 15) is 9.59 Å². The molecule has 1 aromatic carbocycles. The molecule has 0 radical (unpaired) electrons. The van der Waals surface area contributed by atoms with Crippen LogP contribution >= 0.6 is 15.9 Å². The molecule has 5 heteroatoms. The number of hydrogen-bond acceptors (Lipinski definition) is 2. The quantitative estimate of drug-likeness (QED) is 0.837. The summed E-state index contributed by atoms with van der Waals surface area (Å²) in [6, 6.07) is 4.94. The van der Waals surface area contributed by atoms with Crippen molar-refractivity contribution in [2.24, 2.45) is 5.73 Å². The topological polar surface area (TPSA) is 72.2 Å². The predicted octanol–water partition coefficient (Wildman–Crippen LogP) is 2.21. The van der Waals surface area contributed by atoms with E-state index in [2.05, 4.69) is 21.2 Å². The summed E-state index contributed by atoms with van der Waals surface area (Å²) in [6.07, 6.45) is 0.713. The number of aryl methyl sites for hydroxylation is 1. The van der Waals surface area contributed by atoms with E-state index in [1.165, 1.54) is 0 Å². The van der Waals surface area contributed by atoms with Gasteiger partial charge < -0.3 is 11.1 Å². The number of alkyl halides is 1. The normalized spacial score (nSPS) is 11.9. The van der Waals surface area contributed by atoms with Crippen molar-refractivity contribution in [3.8, 4) is 0 Å². The highest BCUT2D eigenvalue weighted by Gasteiger charge is 2.13. The van der Waals surface area contributed by atoms with Crippen LogP contribution in [0.25, 0.3) is 0 Å². The maximum Gasteiger partial charge on any atom is 0.248 e. The Hall–Kier alpha value is -1.36. The van der Waals surface area contributed by atoms with Crippen LogP contribution in [-0.4, -0.2) is 16.6 Å². The predicted molar refractivity (Wildman–Crippen MR) is 71.3 cm³/mol. The summed E-state index contributed by atoms with van der Waals surface area (Å²) < 4.78 is 0. The molecule has 0 aliphatic rings. The van der Waals surface area contributed by atoms with Crippen LogP contribution in [0.4, 0.5) is 5.69 Å². The molecule has 0 spiro atoms. The fourth-order valence-corrected chi connectivity index (χ4v) is 1.47. The second-order valence-corrected chi connectivity index (χ2v) is 4.86. The molecular formula is C12H15BrN2O2. The smallest absolute Gasteiger partial charge is 0.248 e. The van der Waals surface area contributed by atoms with E-state index >= 15 is 0 Å². The van der Waals surface area contributed by atoms with Crippen molar-refractivity contribution in [3.63, 3.8) is 0 Å². The number of halogens is 1. The average molecular weight is 299 g/mol. The fourth-order valence-electron chi connectivity index (χ4n) is 1.35. The van der Waals surface area contributed by atoms with Crippen LogP contribution in [0.5, 0.6) is 0 Å². The molecule has 0 saturated carbocycles. The Labute approximate surface area is 109 Å². The summed E-state index contributed by atoms with van der Waals surface area (Å²) in [5.74, 6) is -0.569. The van der Waals surface area contributed by atoms with Gasteiger partial charge in [0, 0.05) is 11.3 Å². The fraction of sp³-hybridized carbons (Fsp3) is 0.333. The summed E-state index contributed by atoms with van der Waals surface area (Å²) in [4.78, 5) is 22.4. The lowest BCUT2D eigenvalue weighted by Crippen LogP contribution is -2.22. The minimum absolute atomic E-state index is 0.0950. The van der Waals surface area contributed by atoms with Crippen molar-refractivity contribution < 1.29 is 9.59 Å². The first kappa shape index (κ1) is 13.7. The summed E-state index contributed by atoms with van der Waals surface area (Å²) in [6.45, 7) is 3.74. The van der Waals surface area contributed by atoms with E-state index in [1.807, 2.05) is 13.8 Å². The molecule has 3 N–H and O–H groups in total. The Bertz CT molecular complexity index is 446. The van der Waals surface area contributed by atoms with Crippen LogP contribution in [0, 0.1) is 6.92 Å². The molecule has 0 saturated heterocycles. The first-order valence-electron chi connectivity index (χ1n) is 5.31. The molecule has 4 nitrogen and oxygen atoms in total. The van der Waals surface area contributed by atoms with Crippen molar-refractivity contribution in [1.29, 1.82) is 0 Å². The van der Waals surface area contributed by atoms with Crippen LogP contribution in [0.1, 0.15) is 29.3 Å². The monoisotopic (exact) mass is 298 g/mol. The molecule has 0 bridgehead atoms. The van der Waals surface area contributed by atoms with E-state index in [0.29, 0.717) is 17.7 Å². The van der Waals surface area contributed by atoms with Crippen LogP contribution < -0.4 is 11.1 Å². The van der Waals surface area contributed by atoms with Crippen molar-refractivity contribution in [1.82, 2.24) is 0 Å². The third-order valence-electron chi connectivity index (χ3n) is 2.41. The molecule has 1 rings (SSSR count). The minimum atomic E-state index is -0.474. The number of anilines is 1. The number of carbonyl (C=O) groups excluding carboxylic acids is 2. The maximum absolute atomic E-state index is 11.7. The molecule has 0 aliphatic heterocycles. The number of nitrogens with one attached hydrogen (secondary N) is 1.